The lowest BCUT2D eigenvalue weighted by molar-refractivity contribution is 0.0517. The molecule has 102 valence electrons. The average Bonchev–Trinajstić information content (AvgIpc) is 2.63. The summed E-state index contributed by atoms with van der Waals surface area (Å²) < 4.78 is 30.5. The van der Waals surface area contributed by atoms with Crippen LogP contribution in [0, 0.1) is 3.57 Å². The van der Waals surface area contributed by atoms with Crippen LogP contribution in [-0.2, 0) is 14.8 Å². The Balaban J connectivity index is 2.89. The molecule has 0 spiro atoms. The summed E-state index contributed by atoms with van der Waals surface area (Å²) in [7, 11) is -3.59. The number of halogens is 1. The molecule has 0 unspecified atom stereocenters. The fourth-order valence-corrected chi connectivity index (χ4v) is 3.99. The average molecular weight is 393 g/mol. The Hall–Kier alpha value is -1.09. The van der Waals surface area contributed by atoms with Gasteiger partial charge in [0.1, 0.15) is 0 Å². The fraction of sp³-hybridized carbons (Fsp3) is 0.250. The topological polar surface area (TPSA) is 65.4 Å². The summed E-state index contributed by atoms with van der Waals surface area (Å²) in [6, 6.07) is 6.98. The van der Waals surface area contributed by atoms with Crippen molar-refractivity contribution in [3.63, 3.8) is 0 Å². The molecule has 0 saturated carbocycles. The second-order valence-corrected chi connectivity index (χ2v) is 6.84. The molecule has 0 amide bonds. The first-order valence-corrected chi connectivity index (χ1v) is 8.47. The van der Waals surface area contributed by atoms with Gasteiger partial charge in [0.2, 0.25) is 10.0 Å². The van der Waals surface area contributed by atoms with Gasteiger partial charge in [0.25, 0.3) is 0 Å². The number of carbonyl (C=O) groups is 1. The maximum atomic E-state index is 12.0. The molecule has 0 atom stereocenters. The molecule has 2 aromatic rings. The summed E-state index contributed by atoms with van der Waals surface area (Å²) in [5, 5.41) is 0.719. The molecule has 0 saturated heterocycles. The minimum atomic E-state index is -3.59. The number of fused-ring (bicyclic) bond motifs is 1. The fourth-order valence-electron chi connectivity index (χ4n) is 1.89. The van der Waals surface area contributed by atoms with E-state index in [1.807, 2.05) is 22.6 Å². The van der Waals surface area contributed by atoms with E-state index in [1.165, 1.54) is 0 Å². The molecule has 0 aliphatic rings. The monoisotopic (exact) mass is 393 g/mol. The van der Waals surface area contributed by atoms with Crippen LogP contribution >= 0.6 is 22.6 Å². The molecule has 19 heavy (non-hydrogen) atoms. The Kier molecular flexibility index (Phi) is 3.86. The van der Waals surface area contributed by atoms with Crippen molar-refractivity contribution in [1.29, 1.82) is 0 Å². The predicted molar refractivity (Wildman–Crippen MR) is 80.9 cm³/mol. The van der Waals surface area contributed by atoms with E-state index < -0.39 is 16.0 Å². The van der Waals surface area contributed by atoms with Crippen LogP contribution < -0.4 is 0 Å². The lowest BCUT2D eigenvalue weighted by Gasteiger charge is -2.07. The van der Waals surface area contributed by atoms with Crippen LogP contribution in [0.4, 0.5) is 0 Å². The Morgan fingerprint density at radius 3 is 2.58 bits per heavy atom. The van der Waals surface area contributed by atoms with Crippen LogP contribution in [-0.4, -0.2) is 31.2 Å². The van der Waals surface area contributed by atoms with Crippen molar-refractivity contribution in [3.05, 3.63) is 33.5 Å². The van der Waals surface area contributed by atoms with E-state index in [-0.39, 0.29) is 12.3 Å². The summed E-state index contributed by atoms with van der Waals surface area (Å²) in [5.74, 6) is -0.631. The van der Waals surface area contributed by atoms with Crippen molar-refractivity contribution >= 4 is 49.5 Å². The van der Waals surface area contributed by atoms with Crippen molar-refractivity contribution in [3.8, 4) is 0 Å². The molecule has 0 fully saturated rings. The van der Waals surface area contributed by atoms with Crippen molar-refractivity contribution in [2.24, 2.45) is 0 Å². The van der Waals surface area contributed by atoms with Gasteiger partial charge in [-0.1, -0.05) is 18.2 Å². The molecule has 0 N–H and O–H groups in total. The second kappa shape index (κ2) is 5.12. The highest BCUT2D eigenvalue weighted by molar-refractivity contribution is 14.1. The lowest BCUT2D eigenvalue weighted by Crippen LogP contribution is -2.19. The van der Waals surface area contributed by atoms with Crippen LogP contribution in [0.25, 0.3) is 10.9 Å². The number of nitrogens with zero attached hydrogens (tertiary/aromatic N) is 1. The Morgan fingerprint density at radius 2 is 2.00 bits per heavy atom. The van der Waals surface area contributed by atoms with Crippen molar-refractivity contribution in [2.75, 3.05) is 12.9 Å². The van der Waals surface area contributed by atoms with Gasteiger partial charge in [-0.25, -0.2) is 17.2 Å². The first-order valence-electron chi connectivity index (χ1n) is 5.54. The molecule has 7 heteroatoms. The first-order chi connectivity index (χ1) is 8.88. The zero-order valence-corrected chi connectivity index (χ0v) is 13.4. The minimum absolute atomic E-state index is 0.0613. The van der Waals surface area contributed by atoms with Crippen molar-refractivity contribution < 1.29 is 17.9 Å². The van der Waals surface area contributed by atoms with Gasteiger partial charge >= 0.3 is 5.97 Å². The van der Waals surface area contributed by atoms with Crippen LogP contribution in [0.2, 0.25) is 0 Å². The van der Waals surface area contributed by atoms with Crippen LogP contribution in [0.3, 0.4) is 0 Å². The smallest absolute Gasteiger partial charge is 0.357 e. The third-order valence-electron chi connectivity index (χ3n) is 2.57. The molecular weight excluding hydrogens is 381 g/mol. The molecule has 0 aliphatic carbocycles. The molecule has 5 nitrogen and oxygen atoms in total. The van der Waals surface area contributed by atoms with Gasteiger partial charge < -0.3 is 4.74 Å². The van der Waals surface area contributed by atoms with Gasteiger partial charge in [0.15, 0.2) is 5.69 Å². The highest BCUT2D eigenvalue weighted by Gasteiger charge is 2.26. The third-order valence-corrected chi connectivity index (χ3v) is 4.71. The summed E-state index contributed by atoms with van der Waals surface area (Å²) in [6.07, 6.45) is 1.07. The number of hydrogen-bond donors (Lipinski definition) is 0. The molecule has 0 aliphatic heterocycles. The normalized spacial score (nSPS) is 11.7. The number of aromatic nitrogens is 1. The number of rotatable bonds is 3. The van der Waals surface area contributed by atoms with Gasteiger partial charge in [0.05, 0.1) is 21.9 Å². The van der Waals surface area contributed by atoms with Gasteiger partial charge in [0, 0.05) is 5.39 Å². The molecule has 1 aromatic carbocycles. The zero-order chi connectivity index (χ0) is 14.2. The first kappa shape index (κ1) is 14.3. The van der Waals surface area contributed by atoms with E-state index in [9.17, 15) is 13.2 Å². The number of hydrogen-bond acceptors (Lipinski definition) is 4. The van der Waals surface area contributed by atoms with Crippen LogP contribution in [0.1, 0.15) is 17.4 Å². The number of para-hydroxylation sites is 1. The van der Waals surface area contributed by atoms with E-state index in [4.69, 9.17) is 4.74 Å². The van der Waals surface area contributed by atoms with Crippen molar-refractivity contribution in [1.82, 2.24) is 3.97 Å². The maximum Gasteiger partial charge on any atom is 0.357 e. The predicted octanol–water partition coefficient (Wildman–Crippen LogP) is 2.23. The molecule has 0 bridgehead atoms. The quantitative estimate of drug-likeness (QED) is 0.593. The highest BCUT2D eigenvalue weighted by Crippen LogP contribution is 2.29. The lowest BCUT2D eigenvalue weighted by atomic mass is 10.2. The van der Waals surface area contributed by atoms with Crippen molar-refractivity contribution in [2.45, 2.75) is 6.92 Å². The molecular formula is C12H12INO4S. The summed E-state index contributed by atoms with van der Waals surface area (Å²) in [5.41, 5.74) is 0.545. The number of esters is 1. The minimum Gasteiger partial charge on any atom is -0.461 e. The van der Waals surface area contributed by atoms with E-state index in [2.05, 4.69) is 0 Å². The Morgan fingerprint density at radius 1 is 1.37 bits per heavy atom. The largest absolute Gasteiger partial charge is 0.461 e. The molecule has 1 aromatic heterocycles. The molecule has 0 radical (unpaired) electrons. The van der Waals surface area contributed by atoms with E-state index in [0.717, 1.165) is 15.6 Å². The van der Waals surface area contributed by atoms with Crippen LogP contribution in [0.5, 0.6) is 0 Å². The Labute approximate surface area is 124 Å². The number of benzene rings is 1. The summed E-state index contributed by atoms with van der Waals surface area (Å²) in [4.78, 5) is 12.0. The summed E-state index contributed by atoms with van der Waals surface area (Å²) in [6.45, 7) is 1.87. The van der Waals surface area contributed by atoms with Gasteiger partial charge in [-0.3, -0.25) is 0 Å². The van der Waals surface area contributed by atoms with Crippen LogP contribution in [0.15, 0.2) is 24.3 Å². The van der Waals surface area contributed by atoms with Gasteiger partial charge in [-0.15, -0.1) is 0 Å². The summed E-state index contributed by atoms with van der Waals surface area (Å²) >= 11 is 1.97. The number of carbonyl (C=O) groups excluding carboxylic acids is 1. The molecule has 2 rings (SSSR count). The highest BCUT2D eigenvalue weighted by atomic mass is 127. The van der Waals surface area contributed by atoms with Gasteiger partial charge in [-0.2, -0.15) is 0 Å². The van der Waals surface area contributed by atoms with E-state index >= 15 is 0 Å². The SMILES string of the molecule is CCOC(=O)c1c(I)c2ccccc2n1S(C)(=O)=O. The third kappa shape index (κ3) is 2.48. The second-order valence-electron chi connectivity index (χ2n) is 3.93. The standard InChI is InChI=1S/C12H12INO4S/c1-3-18-12(15)11-10(13)8-6-4-5-7-9(8)14(11)19(2,16)17/h4-7H,3H2,1-2H3. The molecule has 1 heterocycles. The zero-order valence-electron chi connectivity index (χ0n) is 10.4. The van der Waals surface area contributed by atoms with Gasteiger partial charge in [-0.05, 0) is 35.6 Å². The Bertz CT molecular complexity index is 748. The van der Waals surface area contributed by atoms with E-state index in [0.29, 0.717) is 9.09 Å². The number of ether oxygens (including phenoxy) is 1. The van der Waals surface area contributed by atoms with E-state index in [1.54, 1.807) is 31.2 Å². The maximum absolute atomic E-state index is 12.0.